The van der Waals surface area contributed by atoms with E-state index in [1.54, 1.807) is 0 Å². The molecule has 1 N–H and O–H groups in total. The number of fused-ring (bicyclic) bond motifs is 1. The number of aromatic nitrogens is 3. The third-order valence-corrected chi connectivity index (χ3v) is 4.31. The fraction of sp³-hybridized carbons (Fsp3) is 0.600. The number of hydrogen-bond donors (Lipinski definition) is 1. The Balaban J connectivity index is 1.77. The first-order valence-electron chi connectivity index (χ1n) is 7.75. The molecule has 2 aliphatic rings. The molecule has 0 aliphatic carbocycles. The van der Waals surface area contributed by atoms with Crippen molar-refractivity contribution in [3.8, 4) is 0 Å². The van der Waals surface area contributed by atoms with E-state index in [0.717, 1.165) is 62.1 Å². The maximum atomic E-state index is 5.45. The number of morpholine rings is 1. The van der Waals surface area contributed by atoms with Crippen LogP contribution in [0.15, 0.2) is 12.1 Å². The van der Waals surface area contributed by atoms with Crippen LogP contribution in [0.25, 0.3) is 5.65 Å². The summed E-state index contributed by atoms with van der Waals surface area (Å²) in [5, 5.41) is 8.33. The van der Waals surface area contributed by atoms with Crippen LogP contribution in [-0.4, -0.2) is 47.4 Å². The van der Waals surface area contributed by atoms with E-state index in [0.29, 0.717) is 6.04 Å². The van der Waals surface area contributed by atoms with Crippen molar-refractivity contribution in [3.05, 3.63) is 23.5 Å². The highest BCUT2D eigenvalue weighted by Crippen LogP contribution is 2.25. The summed E-state index contributed by atoms with van der Waals surface area (Å²) in [6, 6.07) is 4.63. The summed E-state index contributed by atoms with van der Waals surface area (Å²) in [6.45, 7) is 6.51. The van der Waals surface area contributed by atoms with Crippen molar-refractivity contribution >= 4 is 11.5 Å². The minimum atomic E-state index is 0.379. The number of nitrogens with one attached hydrogen (secondary N) is 1. The molecule has 6 nitrogen and oxygen atoms in total. The summed E-state index contributed by atoms with van der Waals surface area (Å²) in [5.41, 5.74) is 3.09. The van der Waals surface area contributed by atoms with Gasteiger partial charge in [0.15, 0.2) is 5.65 Å². The summed E-state index contributed by atoms with van der Waals surface area (Å²) >= 11 is 0. The Morgan fingerprint density at radius 3 is 2.90 bits per heavy atom. The third-order valence-electron chi connectivity index (χ3n) is 4.31. The van der Waals surface area contributed by atoms with Crippen LogP contribution in [0.4, 0.5) is 5.82 Å². The van der Waals surface area contributed by atoms with Gasteiger partial charge in [0.05, 0.1) is 24.9 Å². The monoisotopic (exact) mass is 287 g/mol. The van der Waals surface area contributed by atoms with Crippen molar-refractivity contribution in [1.29, 1.82) is 0 Å². The zero-order chi connectivity index (χ0) is 14.2. The molecule has 0 radical (unpaired) electrons. The van der Waals surface area contributed by atoms with E-state index >= 15 is 0 Å². The molecule has 0 aromatic carbocycles. The second kappa shape index (κ2) is 5.27. The lowest BCUT2D eigenvalue weighted by atomic mass is 10.2. The zero-order valence-corrected chi connectivity index (χ0v) is 12.4. The van der Waals surface area contributed by atoms with Gasteiger partial charge in [-0.3, -0.25) is 0 Å². The van der Waals surface area contributed by atoms with Crippen molar-refractivity contribution in [2.45, 2.75) is 25.8 Å². The zero-order valence-electron chi connectivity index (χ0n) is 12.4. The molecule has 2 aromatic heterocycles. The number of rotatable bonds is 2. The largest absolute Gasteiger partial charge is 0.378 e. The van der Waals surface area contributed by atoms with Gasteiger partial charge in [0.25, 0.3) is 0 Å². The second-order valence-corrected chi connectivity index (χ2v) is 5.84. The first-order valence-corrected chi connectivity index (χ1v) is 7.75. The van der Waals surface area contributed by atoms with E-state index in [4.69, 9.17) is 9.84 Å². The Morgan fingerprint density at radius 2 is 2.14 bits per heavy atom. The average molecular weight is 287 g/mol. The van der Waals surface area contributed by atoms with Crippen molar-refractivity contribution in [2.75, 3.05) is 37.7 Å². The summed E-state index contributed by atoms with van der Waals surface area (Å²) in [5.74, 6) is 1.13. The first-order chi connectivity index (χ1) is 10.3. The van der Waals surface area contributed by atoms with Gasteiger partial charge in [0.1, 0.15) is 5.82 Å². The summed E-state index contributed by atoms with van der Waals surface area (Å²) < 4.78 is 7.45. The van der Waals surface area contributed by atoms with E-state index < -0.39 is 0 Å². The minimum absolute atomic E-state index is 0.379. The van der Waals surface area contributed by atoms with Crippen molar-refractivity contribution in [3.63, 3.8) is 0 Å². The maximum absolute atomic E-state index is 5.45. The molecular weight excluding hydrogens is 266 g/mol. The molecule has 2 aliphatic heterocycles. The van der Waals surface area contributed by atoms with Crippen LogP contribution in [0.5, 0.6) is 0 Å². The average Bonchev–Trinajstić information content (AvgIpc) is 3.16. The van der Waals surface area contributed by atoms with Gasteiger partial charge in [-0.25, -0.2) is 4.98 Å². The lowest BCUT2D eigenvalue weighted by Gasteiger charge is -2.29. The van der Waals surface area contributed by atoms with Crippen LogP contribution in [0.2, 0.25) is 0 Å². The molecule has 1 unspecified atom stereocenters. The van der Waals surface area contributed by atoms with E-state index in [2.05, 4.69) is 27.3 Å². The van der Waals surface area contributed by atoms with E-state index in [9.17, 15) is 0 Å². The molecule has 2 fully saturated rings. The Morgan fingerprint density at radius 1 is 1.29 bits per heavy atom. The van der Waals surface area contributed by atoms with Gasteiger partial charge in [-0.1, -0.05) is 0 Å². The van der Waals surface area contributed by atoms with Crippen LogP contribution < -0.4 is 10.2 Å². The van der Waals surface area contributed by atoms with Gasteiger partial charge in [0.2, 0.25) is 0 Å². The van der Waals surface area contributed by atoms with Gasteiger partial charge in [-0.15, -0.1) is 0 Å². The number of hydrogen-bond acceptors (Lipinski definition) is 5. The topological polar surface area (TPSA) is 54.7 Å². The maximum Gasteiger partial charge on any atom is 0.157 e. The van der Waals surface area contributed by atoms with Crippen LogP contribution >= 0.6 is 0 Å². The predicted molar refractivity (Wildman–Crippen MR) is 80.7 cm³/mol. The first kappa shape index (κ1) is 13.0. The van der Waals surface area contributed by atoms with Crippen LogP contribution in [-0.2, 0) is 4.74 Å². The molecule has 4 heterocycles. The Kier molecular flexibility index (Phi) is 3.27. The molecule has 1 atom stereocenters. The summed E-state index contributed by atoms with van der Waals surface area (Å²) in [4.78, 5) is 6.98. The number of aryl methyl sites for hydroxylation is 1. The fourth-order valence-corrected chi connectivity index (χ4v) is 3.22. The summed E-state index contributed by atoms with van der Waals surface area (Å²) in [6.07, 6.45) is 2.39. The van der Waals surface area contributed by atoms with Crippen molar-refractivity contribution < 1.29 is 4.74 Å². The molecule has 4 rings (SSSR count). The quantitative estimate of drug-likeness (QED) is 0.902. The van der Waals surface area contributed by atoms with E-state index in [-0.39, 0.29) is 0 Å². The highest BCUT2D eigenvalue weighted by molar-refractivity contribution is 5.52. The third kappa shape index (κ3) is 2.38. The van der Waals surface area contributed by atoms with Crippen LogP contribution in [0.3, 0.4) is 0 Å². The lowest BCUT2D eigenvalue weighted by molar-refractivity contribution is 0.122. The van der Waals surface area contributed by atoms with Gasteiger partial charge in [0, 0.05) is 30.9 Å². The molecular formula is C15H21N5O. The minimum Gasteiger partial charge on any atom is -0.378 e. The van der Waals surface area contributed by atoms with Gasteiger partial charge >= 0.3 is 0 Å². The second-order valence-electron chi connectivity index (χ2n) is 5.84. The van der Waals surface area contributed by atoms with Gasteiger partial charge < -0.3 is 15.0 Å². The number of nitrogens with zero attached hydrogens (tertiary/aromatic N) is 4. The molecule has 21 heavy (non-hydrogen) atoms. The molecule has 0 spiro atoms. The van der Waals surface area contributed by atoms with Gasteiger partial charge in [-0.05, 0) is 26.3 Å². The Labute approximate surface area is 124 Å². The molecule has 6 heteroatoms. The fourth-order valence-electron chi connectivity index (χ4n) is 3.22. The molecule has 0 amide bonds. The summed E-state index contributed by atoms with van der Waals surface area (Å²) in [7, 11) is 0. The molecule has 2 saturated heterocycles. The smallest absolute Gasteiger partial charge is 0.157 e. The highest BCUT2D eigenvalue weighted by atomic mass is 16.5. The van der Waals surface area contributed by atoms with Crippen LogP contribution in [0, 0.1) is 6.92 Å². The van der Waals surface area contributed by atoms with Gasteiger partial charge in [-0.2, -0.15) is 9.61 Å². The lowest BCUT2D eigenvalue weighted by Crippen LogP contribution is -2.37. The molecule has 2 aromatic rings. The normalized spacial score (nSPS) is 23.1. The van der Waals surface area contributed by atoms with Crippen molar-refractivity contribution in [1.82, 2.24) is 19.9 Å². The predicted octanol–water partition coefficient (Wildman–Crippen LogP) is 1.30. The Hall–Kier alpha value is -1.66. The Bertz CT molecular complexity index is 641. The highest BCUT2D eigenvalue weighted by Gasteiger charge is 2.22. The number of ether oxygens (including phenoxy) is 1. The van der Waals surface area contributed by atoms with E-state index in [1.807, 2.05) is 11.4 Å². The molecule has 0 bridgehead atoms. The SMILES string of the molecule is Cc1cc(N2CCOCC2)n2nc(C3CCCN3)cc2n1. The standard InChI is InChI=1S/C15H21N5O/c1-11-9-15(19-5-7-21-8-6-19)20-14(17-11)10-13(18-20)12-3-2-4-16-12/h9-10,12,16H,2-8H2,1H3. The van der Waals surface area contributed by atoms with E-state index in [1.165, 1.54) is 6.42 Å². The molecule has 112 valence electrons. The van der Waals surface area contributed by atoms with Crippen LogP contribution in [0.1, 0.15) is 30.3 Å². The molecule has 0 saturated carbocycles. The number of anilines is 1. The van der Waals surface area contributed by atoms with Crippen molar-refractivity contribution in [2.24, 2.45) is 0 Å².